The molecule has 1 aromatic heterocycles. The van der Waals surface area contributed by atoms with Crippen molar-refractivity contribution in [1.29, 1.82) is 0 Å². The highest BCUT2D eigenvalue weighted by molar-refractivity contribution is 5.77. The quantitative estimate of drug-likeness (QED) is 0.832. The van der Waals surface area contributed by atoms with Crippen molar-refractivity contribution in [3.63, 3.8) is 0 Å². The highest BCUT2D eigenvalue weighted by atomic mass is 19.1. The molecule has 3 rings (SSSR count). The number of aromatic nitrogens is 2. The number of nitrogens with zero attached hydrogens (tertiary/aromatic N) is 2. The van der Waals surface area contributed by atoms with Gasteiger partial charge in [-0.25, -0.2) is 9.37 Å². The van der Waals surface area contributed by atoms with Gasteiger partial charge >= 0.3 is 0 Å². The Balaban J connectivity index is 1.98. The Morgan fingerprint density at radius 1 is 1.42 bits per heavy atom. The first-order chi connectivity index (χ1) is 9.25. The van der Waals surface area contributed by atoms with Gasteiger partial charge in [0.2, 0.25) is 0 Å². The van der Waals surface area contributed by atoms with Crippen LogP contribution in [0.2, 0.25) is 0 Å². The van der Waals surface area contributed by atoms with Gasteiger partial charge in [-0.15, -0.1) is 0 Å². The summed E-state index contributed by atoms with van der Waals surface area (Å²) in [6.45, 7) is 1.17. The smallest absolute Gasteiger partial charge is 0.264 e. The molecule has 0 unspecified atom stereocenters. The van der Waals surface area contributed by atoms with Crippen LogP contribution < -0.4 is 5.56 Å². The summed E-state index contributed by atoms with van der Waals surface area (Å²) in [6, 6.07) is 4.48. The van der Waals surface area contributed by atoms with E-state index in [-0.39, 0.29) is 17.0 Å². The Kier molecular flexibility index (Phi) is 3.29. The second kappa shape index (κ2) is 5.09. The molecule has 0 N–H and O–H groups in total. The number of ether oxygens (including phenoxy) is 1. The lowest BCUT2D eigenvalue weighted by atomic mass is 10.1. The van der Waals surface area contributed by atoms with Gasteiger partial charge in [0.1, 0.15) is 11.2 Å². The molecule has 5 heteroatoms. The van der Waals surface area contributed by atoms with E-state index in [4.69, 9.17) is 4.74 Å². The third-order valence-electron chi connectivity index (χ3n) is 3.48. The van der Waals surface area contributed by atoms with Gasteiger partial charge < -0.3 is 4.74 Å². The van der Waals surface area contributed by atoms with Gasteiger partial charge in [0.25, 0.3) is 5.56 Å². The molecule has 4 nitrogen and oxygen atoms in total. The van der Waals surface area contributed by atoms with Gasteiger partial charge in [0, 0.05) is 6.61 Å². The van der Waals surface area contributed by atoms with Crippen molar-refractivity contribution in [2.45, 2.75) is 31.9 Å². The maximum atomic E-state index is 13.7. The molecule has 1 aliphatic heterocycles. The van der Waals surface area contributed by atoms with Crippen LogP contribution in [0.25, 0.3) is 10.9 Å². The van der Waals surface area contributed by atoms with Crippen molar-refractivity contribution in [3.8, 4) is 0 Å². The molecule has 2 aromatic rings. The van der Waals surface area contributed by atoms with Crippen molar-refractivity contribution in [3.05, 3.63) is 40.7 Å². The zero-order chi connectivity index (χ0) is 13.2. The molecule has 0 spiro atoms. The Labute approximate surface area is 109 Å². The summed E-state index contributed by atoms with van der Waals surface area (Å²) in [5.74, 6) is -0.520. The van der Waals surface area contributed by atoms with Crippen LogP contribution >= 0.6 is 0 Å². The molecular weight excluding hydrogens is 247 g/mol. The normalized spacial score (nSPS) is 19.7. The molecular formula is C14H15FN2O2. The number of hydrogen-bond acceptors (Lipinski definition) is 3. The largest absolute Gasteiger partial charge is 0.376 e. The van der Waals surface area contributed by atoms with Crippen LogP contribution in [0.1, 0.15) is 19.3 Å². The third-order valence-corrected chi connectivity index (χ3v) is 3.48. The van der Waals surface area contributed by atoms with E-state index in [2.05, 4.69) is 4.98 Å². The highest BCUT2D eigenvalue weighted by Crippen LogP contribution is 2.15. The van der Waals surface area contributed by atoms with Crippen molar-refractivity contribution in [2.24, 2.45) is 0 Å². The van der Waals surface area contributed by atoms with Crippen LogP contribution in [0.15, 0.2) is 29.3 Å². The minimum atomic E-state index is -0.520. The minimum Gasteiger partial charge on any atom is -0.376 e. The zero-order valence-corrected chi connectivity index (χ0v) is 10.5. The monoisotopic (exact) mass is 262 g/mol. The summed E-state index contributed by atoms with van der Waals surface area (Å²) in [5, 5.41) is 0.0563. The Bertz CT molecular complexity index is 647. The van der Waals surface area contributed by atoms with Crippen LogP contribution in [0.5, 0.6) is 0 Å². The van der Waals surface area contributed by atoms with E-state index in [1.807, 2.05) is 0 Å². The van der Waals surface area contributed by atoms with Crippen molar-refractivity contribution in [2.75, 3.05) is 6.61 Å². The molecule has 1 fully saturated rings. The lowest BCUT2D eigenvalue weighted by Crippen LogP contribution is -2.31. The molecule has 0 aliphatic carbocycles. The average Bonchev–Trinajstić information content (AvgIpc) is 2.43. The Morgan fingerprint density at radius 3 is 3.11 bits per heavy atom. The molecule has 1 aromatic carbocycles. The number of benzene rings is 1. The second-order valence-corrected chi connectivity index (χ2v) is 4.82. The predicted octanol–water partition coefficient (Wildman–Crippen LogP) is 2.10. The van der Waals surface area contributed by atoms with E-state index in [0.717, 1.165) is 25.9 Å². The maximum Gasteiger partial charge on any atom is 0.264 e. The van der Waals surface area contributed by atoms with Crippen LogP contribution in [0.3, 0.4) is 0 Å². The highest BCUT2D eigenvalue weighted by Gasteiger charge is 2.16. The molecule has 0 amide bonds. The Hall–Kier alpha value is -1.75. The van der Waals surface area contributed by atoms with Crippen LogP contribution in [-0.2, 0) is 11.3 Å². The summed E-state index contributed by atoms with van der Waals surface area (Å²) in [6.07, 6.45) is 4.60. The summed E-state index contributed by atoms with van der Waals surface area (Å²) >= 11 is 0. The van der Waals surface area contributed by atoms with E-state index in [9.17, 15) is 9.18 Å². The van der Waals surface area contributed by atoms with Crippen LogP contribution in [0.4, 0.5) is 4.39 Å². The molecule has 100 valence electrons. The molecule has 1 atom stereocenters. The van der Waals surface area contributed by atoms with Gasteiger partial charge in [-0.3, -0.25) is 9.36 Å². The first kappa shape index (κ1) is 12.3. The first-order valence-electron chi connectivity index (χ1n) is 6.51. The lowest BCUT2D eigenvalue weighted by molar-refractivity contribution is 0.00534. The third kappa shape index (κ3) is 2.38. The lowest BCUT2D eigenvalue weighted by Gasteiger charge is -2.23. The van der Waals surface area contributed by atoms with Gasteiger partial charge in [-0.05, 0) is 31.4 Å². The summed E-state index contributed by atoms with van der Waals surface area (Å²) < 4.78 is 20.8. The fraction of sp³-hybridized carbons (Fsp3) is 0.429. The van der Waals surface area contributed by atoms with Crippen molar-refractivity contribution >= 4 is 10.9 Å². The van der Waals surface area contributed by atoms with E-state index in [1.165, 1.54) is 17.0 Å². The van der Waals surface area contributed by atoms with E-state index in [0.29, 0.717) is 12.1 Å². The number of rotatable bonds is 2. The van der Waals surface area contributed by atoms with Crippen molar-refractivity contribution < 1.29 is 9.13 Å². The molecule has 1 saturated heterocycles. The maximum absolute atomic E-state index is 13.7. The summed E-state index contributed by atoms with van der Waals surface area (Å²) in [5.41, 5.74) is 0.0584. The molecule has 19 heavy (non-hydrogen) atoms. The van der Waals surface area contributed by atoms with E-state index in [1.54, 1.807) is 12.1 Å². The van der Waals surface area contributed by atoms with Gasteiger partial charge in [0.15, 0.2) is 0 Å². The zero-order valence-electron chi connectivity index (χ0n) is 10.5. The fourth-order valence-corrected chi connectivity index (χ4v) is 2.46. The molecule has 0 radical (unpaired) electrons. The molecule has 0 bridgehead atoms. The standard InChI is InChI=1S/C14H15FN2O2/c15-11-5-3-6-12-13(11)14(18)17(9-16-12)8-10-4-1-2-7-19-10/h3,5-6,9-10H,1-2,4,7-8H2/t10-/m1/s1. The van der Waals surface area contributed by atoms with E-state index < -0.39 is 5.82 Å². The molecule has 1 aliphatic rings. The summed E-state index contributed by atoms with van der Waals surface area (Å²) in [7, 11) is 0. The number of hydrogen-bond donors (Lipinski definition) is 0. The average molecular weight is 262 g/mol. The first-order valence-corrected chi connectivity index (χ1v) is 6.51. The van der Waals surface area contributed by atoms with Crippen LogP contribution in [-0.4, -0.2) is 22.3 Å². The minimum absolute atomic E-state index is 0.0254. The fourth-order valence-electron chi connectivity index (χ4n) is 2.46. The van der Waals surface area contributed by atoms with Gasteiger partial charge in [-0.1, -0.05) is 6.07 Å². The SMILES string of the molecule is O=c1c2c(F)cccc2ncn1C[C@H]1CCCCO1. The Morgan fingerprint density at radius 2 is 2.32 bits per heavy atom. The number of halogens is 1. The predicted molar refractivity (Wildman–Crippen MR) is 69.6 cm³/mol. The van der Waals surface area contributed by atoms with Gasteiger partial charge in [-0.2, -0.15) is 0 Å². The number of fused-ring (bicyclic) bond motifs is 1. The topological polar surface area (TPSA) is 44.1 Å². The van der Waals surface area contributed by atoms with Crippen molar-refractivity contribution in [1.82, 2.24) is 9.55 Å². The second-order valence-electron chi connectivity index (χ2n) is 4.82. The van der Waals surface area contributed by atoms with Gasteiger partial charge in [0.05, 0.1) is 24.5 Å². The molecule has 0 saturated carbocycles. The summed E-state index contributed by atoms with van der Waals surface area (Å²) in [4.78, 5) is 16.4. The van der Waals surface area contributed by atoms with Crippen LogP contribution in [0, 0.1) is 5.82 Å². The molecule has 2 heterocycles. The van der Waals surface area contributed by atoms with E-state index >= 15 is 0 Å².